The summed E-state index contributed by atoms with van der Waals surface area (Å²) in [6.45, 7) is 0.154. The van der Waals surface area contributed by atoms with Crippen LogP contribution in [0.1, 0.15) is 18.1 Å². The zero-order chi connectivity index (χ0) is 12.5. The van der Waals surface area contributed by atoms with Crippen LogP contribution < -0.4 is 4.74 Å². The van der Waals surface area contributed by atoms with E-state index in [-0.39, 0.29) is 13.0 Å². The summed E-state index contributed by atoms with van der Waals surface area (Å²) in [5.74, 6) is -0.786. The lowest BCUT2D eigenvalue weighted by molar-refractivity contribution is -0.187. The lowest BCUT2D eigenvalue weighted by Gasteiger charge is -2.21. The second-order valence-electron chi connectivity index (χ2n) is 4.00. The Labute approximate surface area is 97.3 Å². The third-order valence-electron chi connectivity index (χ3n) is 2.96. The molecule has 0 amide bonds. The molecule has 2 atom stereocenters. The van der Waals surface area contributed by atoms with Gasteiger partial charge in [0.2, 0.25) is 0 Å². The molecule has 5 heteroatoms. The zero-order valence-corrected chi connectivity index (χ0v) is 9.33. The molecule has 0 unspecified atom stereocenters. The highest BCUT2D eigenvalue weighted by Gasteiger charge is 2.48. The molecule has 17 heavy (non-hydrogen) atoms. The van der Waals surface area contributed by atoms with Gasteiger partial charge < -0.3 is 9.47 Å². The summed E-state index contributed by atoms with van der Waals surface area (Å²) in [6.07, 6.45) is -5.07. The molecule has 2 nitrogen and oxygen atoms in total. The van der Waals surface area contributed by atoms with Gasteiger partial charge in [-0.1, -0.05) is 12.1 Å². The first-order chi connectivity index (χ1) is 8.02. The van der Waals surface area contributed by atoms with Gasteiger partial charge in [-0.3, -0.25) is 0 Å². The molecule has 0 aliphatic carbocycles. The molecule has 0 N–H and O–H groups in total. The van der Waals surface area contributed by atoms with Crippen LogP contribution in [0.5, 0.6) is 5.75 Å². The van der Waals surface area contributed by atoms with Gasteiger partial charge in [-0.15, -0.1) is 0 Å². The first-order valence-electron chi connectivity index (χ1n) is 5.34. The minimum absolute atomic E-state index is 0.0280. The van der Waals surface area contributed by atoms with E-state index in [4.69, 9.17) is 9.47 Å². The standard InChI is InChI=1S/C12H13F3O2/c1-16-9-4-2-8(3-5-9)11-10(6-7-17-11)12(13,14)15/h2-5,10-11H,6-7H2,1H3/t10-,11-/m1/s1. The fourth-order valence-corrected chi connectivity index (χ4v) is 2.05. The summed E-state index contributed by atoms with van der Waals surface area (Å²) >= 11 is 0. The van der Waals surface area contributed by atoms with Crippen LogP contribution in [0.3, 0.4) is 0 Å². The summed E-state index contributed by atoms with van der Waals surface area (Å²) in [6, 6.07) is 6.52. The van der Waals surface area contributed by atoms with E-state index in [1.807, 2.05) is 0 Å². The second-order valence-corrected chi connectivity index (χ2v) is 4.00. The van der Waals surface area contributed by atoms with Crippen LogP contribution in [-0.4, -0.2) is 19.9 Å². The van der Waals surface area contributed by atoms with Gasteiger partial charge >= 0.3 is 6.18 Å². The number of ether oxygens (including phenoxy) is 2. The molecule has 1 aromatic carbocycles. The topological polar surface area (TPSA) is 18.5 Å². The van der Waals surface area contributed by atoms with E-state index in [9.17, 15) is 13.2 Å². The predicted octanol–water partition coefficient (Wildman–Crippen LogP) is 3.34. The maximum atomic E-state index is 12.7. The lowest BCUT2D eigenvalue weighted by Crippen LogP contribution is -2.25. The van der Waals surface area contributed by atoms with Crippen LogP contribution in [0.4, 0.5) is 13.2 Å². The number of alkyl halides is 3. The first kappa shape index (κ1) is 12.2. The average Bonchev–Trinajstić information content (AvgIpc) is 2.78. The van der Waals surface area contributed by atoms with Crippen molar-refractivity contribution in [1.29, 1.82) is 0 Å². The maximum absolute atomic E-state index is 12.7. The fourth-order valence-electron chi connectivity index (χ4n) is 2.05. The lowest BCUT2D eigenvalue weighted by atomic mass is 9.95. The number of hydrogen-bond acceptors (Lipinski definition) is 2. The molecule has 94 valence electrons. The molecule has 1 aromatic rings. The Morgan fingerprint density at radius 3 is 2.41 bits per heavy atom. The summed E-state index contributed by atoms with van der Waals surface area (Å²) in [7, 11) is 1.51. The Hall–Kier alpha value is -1.23. The van der Waals surface area contributed by atoms with Crippen molar-refractivity contribution in [2.24, 2.45) is 5.92 Å². The van der Waals surface area contributed by atoms with E-state index < -0.39 is 18.2 Å². The normalized spacial score (nSPS) is 24.9. The van der Waals surface area contributed by atoms with E-state index in [2.05, 4.69) is 0 Å². The van der Waals surface area contributed by atoms with Gasteiger partial charge in [0.25, 0.3) is 0 Å². The van der Waals surface area contributed by atoms with Crippen molar-refractivity contribution in [3.63, 3.8) is 0 Å². The fraction of sp³-hybridized carbons (Fsp3) is 0.500. The van der Waals surface area contributed by atoms with Gasteiger partial charge in [-0.2, -0.15) is 13.2 Å². The third kappa shape index (κ3) is 2.54. The van der Waals surface area contributed by atoms with Crippen molar-refractivity contribution in [3.8, 4) is 5.75 Å². The van der Waals surface area contributed by atoms with Crippen molar-refractivity contribution in [2.45, 2.75) is 18.7 Å². The molecular weight excluding hydrogens is 233 g/mol. The molecule has 1 heterocycles. The molecule has 0 bridgehead atoms. The molecule has 1 fully saturated rings. The average molecular weight is 246 g/mol. The monoisotopic (exact) mass is 246 g/mol. The number of rotatable bonds is 2. The molecular formula is C12H13F3O2. The van der Waals surface area contributed by atoms with Crippen molar-refractivity contribution in [1.82, 2.24) is 0 Å². The third-order valence-corrected chi connectivity index (χ3v) is 2.96. The van der Waals surface area contributed by atoms with Gasteiger partial charge in [-0.05, 0) is 24.1 Å². The smallest absolute Gasteiger partial charge is 0.394 e. The molecule has 0 aromatic heterocycles. The molecule has 0 radical (unpaired) electrons. The zero-order valence-electron chi connectivity index (χ0n) is 9.33. The van der Waals surface area contributed by atoms with Gasteiger partial charge in [0.1, 0.15) is 5.75 Å². The van der Waals surface area contributed by atoms with E-state index in [1.54, 1.807) is 24.3 Å². The molecule has 2 rings (SSSR count). The second kappa shape index (κ2) is 4.56. The predicted molar refractivity (Wildman–Crippen MR) is 55.8 cm³/mol. The van der Waals surface area contributed by atoms with Crippen molar-refractivity contribution in [2.75, 3.05) is 13.7 Å². The molecule has 0 spiro atoms. The van der Waals surface area contributed by atoms with Crippen LogP contribution in [-0.2, 0) is 4.74 Å². The van der Waals surface area contributed by atoms with E-state index in [1.165, 1.54) is 7.11 Å². The highest BCUT2D eigenvalue weighted by atomic mass is 19.4. The molecule has 1 aliphatic rings. The number of methoxy groups -OCH3 is 1. The highest BCUT2D eigenvalue weighted by Crippen LogP contribution is 2.44. The minimum Gasteiger partial charge on any atom is -0.497 e. The Morgan fingerprint density at radius 2 is 1.88 bits per heavy atom. The number of benzene rings is 1. The Kier molecular flexibility index (Phi) is 3.28. The van der Waals surface area contributed by atoms with Crippen LogP contribution in [0.15, 0.2) is 24.3 Å². The summed E-state index contributed by atoms with van der Waals surface area (Å²) in [5.41, 5.74) is 0.547. The maximum Gasteiger partial charge on any atom is 0.394 e. The Balaban J connectivity index is 2.20. The van der Waals surface area contributed by atoms with Crippen molar-refractivity contribution in [3.05, 3.63) is 29.8 Å². The molecule has 1 saturated heterocycles. The first-order valence-corrected chi connectivity index (χ1v) is 5.34. The Morgan fingerprint density at radius 1 is 1.24 bits per heavy atom. The van der Waals surface area contributed by atoms with Crippen LogP contribution in [0.25, 0.3) is 0 Å². The largest absolute Gasteiger partial charge is 0.497 e. The minimum atomic E-state index is -4.21. The van der Waals surface area contributed by atoms with Crippen LogP contribution >= 0.6 is 0 Å². The van der Waals surface area contributed by atoms with Crippen LogP contribution in [0.2, 0.25) is 0 Å². The number of halogens is 3. The van der Waals surface area contributed by atoms with Gasteiger partial charge in [-0.25, -0.2) is 0 Å². The highest BCUT2D eigenvalue weighted by molar-refractivity contribution is 5.29. The molecule has 0 saturated carbocycles. The van der Waals surface area contributed by atoms with Crippen molar-refractivity contribution < 1.29 is 22.6 Å². The molecule has 1 aliphatic heterocycles. The van der Waals surface area contributed by atoms with E-state index in [0.717, 1.165) is 0 Å². The summed E-state index contributed by atoms with van der Waals surface area (Å²) in [4.78, 5) is 0. The van der Waals surface area contributed by atoms with Crippen LogP contribution in [0, 0.1) is 5.92 Å². The quantitative estimate of drug-likeness (QED) is 0.796. The van der Waals surface area contributed by atoms with Crippen molar-refractivity contribution >= 4 is 0 Å². The SMILES string of the molecule is COc1ccc([C@H]2OCC[C@H]2C(F)(F)F)cc1. The number of hydrogen-bond donors (Lipinski definition) is 0. The van der Waals surface area contributed by atoms with Gasteiger partial charge in [0.15, 0.2) is 0 Å². The van der Waals surface area contributed by atoms with Gasteiger partial charge in [0.05, 0.1) is 19.1 Å². The van der Waals surface area contributed by atoms with E-state index in [0.29, 0.717) is 11.3 Å². The Bertz CT molecular complexity index is 372. The summed E-state index contributed by atoms with van der Waals surface area (Å²) < 4.78 is 48.4. The van der Waals surface area contributed by atoms with Gasteiger partial charge in [0, 0.05) is 6.61 Å². The summed E-state index contributed by atoms with van der Waals surface area (Å²) in [5, 5.41) is 0. The van der Waals surface area contributed by atoms with E-state index >= 15 is 0 Å².